The second-order valence-electron chi connectivity index (χ2n) is 7.97. The Hall–Kier alpha value is -3.36. The lowest BCUT2D eigenvalue weighted by molar-refractivity contribution is -0.136. The zero-order chi connectivity index (χ0) is 24.3. The predicted octanol–water partition coefficient (Wildman–Crippen LogP) is 3.66. The second kappa shape index (κ2) is 12.8. The molecule has 0 spiro atoms. The number of ether oxygens (including phenoxy) is 3. The lowest BCUT2D eigenvalue weighted by Gasteiger charge is -2.31. The van der Waals surface area contributed by atoms with E-state index in [1.54, 1.807) is 17.0 Å². The largest absolute Gasteiger partial charge is 0.493 e. The molecule has 2 aromatic carbocycles. The molecule has 1 aliphatic heterocycles. The van der Waals surface area contributed by atoms with Gasteiger partial charge in [-0.3, -0.25) is 9.59 Å². The summed E-state index contributed by atoms with van der Waals surface area (Å²) in [5.74, 6) is 0.734. The number of hydrogen-bond donors (Lipinski definition) is 1. The van der Waals surface area contributed by atoms with Crippen LogP contribution in [0.3, 0.4) is 0 Å². The minimum atomic E-state index is -2.95. The van der Waals surface area contributed by atoms with Crippen LogP contribution in [0.1, 0.15) is 24.8 Å². The van der Waals surface area contributed by atoms with Gasteiger partial charge in [0, 0.05) is 25.6 Å². The normalized spacial score (nSPS) is 14.1. The molecule has 1 heterocycles. The zero-order valence-corrected chi connectivity index (χ0v) is 19.2. The monoisotopic (exact) mass is 476 g/mol. The molecule has 184 valence electrons. The molecule has 0 aromatic heterocycles. The number of rotatable bonds is 11. The van der Waals surface area contributed by atoms with Gasteiger partial charge in [0.25, 0.3) is 0 Å². The van der Waals surface area contributed by atoms with E-state index in [1.165, 1.54) is 13.2 Å². The van der Waals surface area contributed by atoms with Crippen molar-refractivity contribution in [2.24, 2.45) is 5.92 Å². The third-order valence-corrected chi connectivity index (χ3v) is 5.70. The van der Waals surface area contributed by atoms with Gasteiger partial charge in [0.1, 0.15) is 5.75 Å². The number of piperidine rings is 1. The van der Waals surface area contributed by atoms with E-state index in [1.807, 2.05) is 30.3 Å². The average molecular weight is 477 g/mol. The van der Waals surface area contributed by atoms with E-state index in [9.17, 15) is 18.4 Å². The van der Waals surface area contributed by atoms with Gasteiger partial charge in [0.2, 0.25) is 11.8 Å². The van der Waals surface area contributed by atoms with Crippen molar-refractivity contribution in [3.63, 3.8) is 0 Å². The number of halogens is 2. The third kappa shape index (κ3) is 7.60. The van der Waals surface area contributed by atoms with Gasteiger partial charge in [-0.15, -0.1) is 0 Å². The van der Waals surface area contributed by atoms with E-state index in [0.29, 0.717) is 51.9 Å². The molecule has 1 saturated heterocycles. The molecule has 2 aromatic rings. The fourth-order valence-electron chi connectivity index (χ4n) is 3.86. The maximum absolute atomic E-state index is 12.6. The van der Waals surface area contributed by atoms with Crippen LogP contribution in [0.25, 0.3) is 0 Å². The molecule has 0 saturated carbocycles. The van der Waals surface area contributed by atoms with Crippen LogP contribution < -0.4 is 19.5 Å². The summed E-state index contributed by atoms with van der Waals surface area (Å²) in [5, 5.41) is 2.90. The number of carbonyl (C=O) groups excluding carboxylic acids is 2. The highest BCUT2D eigenvalue weighted by atomic mass is 19.3. The maximum atomic E-state index is 12.6. The highest BCUT2D eigenvalue weighted by Gasteiger charge is 2.27. The summed E-state index contributed by atoms with van der Waals surface area (Å²) < 4.78 is 40.3. The summed E-state index contributed by atoms with van der Waals surface area (Å²) in [6, 6.07) is 14.1. The Bertz CT molecular complexity index is 934. The number of likely N-dealkylation sites (tertiary alicyclic amines) is 1. The first-order valence-corrected chi connectivity index (χ1v) is 11.3. The minimum Gasteiger partial charge on any atom is -0.493 e. The molecule has 0 bridgehead atoms. The third-order valence-electron chi connectivity index (χ3n) is 5.70. The van der Waals surface area contributed by atoms with Crippen LogP contribution in [0.4, 0.5) is 8.78 Å². The predicted molar refractivity (Wildman–Crippen MR) is 122 cm³/mol. The Morgan fingerprint density at radius 3 is 2.50 bits per heavy atom. The maximum Gasteiger partial charge on any atom is 0.387 e. The topological polar surface area (TPSA) is 77.1 Å². The standard InChI is InChI=1S/C25H30F2N2O5/c1-32-21-8-7-18(17-22(21)34-25(26)27)9-13-28-24(31)19-10-14-29(15-11-19)23(30)12-16-33-20-5-3-2-4-6-20/h2-8,17,19,25H,9-16H2,1H3,(H,28,31). The van der Waals surface area contributed by atoms with E-state index < -0.39 is 6.61 Å². The van der Waals surface area contributed by atoms with Gasteiger partial charge < -0.3 is 24.4 Å². The number of benzene rings is 2. The summed E-state index contributed by atoms with van der Waals surface area (Å²) in [7, 11) is 1.38. The number of para-hydroxylation sites is 1. The molecular weight excluding hydrogens is 446 g/mol. The van der Waals surface area contributed by atoms with Gasteiger partial charge in [-0.2, -0.15) is 8.78 Å². The van der Waals surface area contributed by atoms with Gasteiger partial charge >= 0.3 is 6.61 Å². The first-order valence-electron chi connectivity index (χ1n) is 11.3. The van der Waals surface area contributed by atoms with E-state index in [-0.39, 0.29) is 29.2 Å². The average Bonchev–Trinajstić information content (AvgIpc) is 2.84. The number of methoxy groups -OCH3 is 1. The summed E-state index contributed by atoms with van der Waals surface area (Å²) in [4.78, 5) is 26.7. The summed E-state index contributed by atoms with van der Waals surface area (Å²) in [5.41, 5.74) is 0.745. The molecule has 0 aliphatic carbocycles. The van der Waals surface area contributed by atoms with Crippen LogP contribution in [0.15, 0.2) is 48.5 Å². The van der Waals surface area contributed by atoms with E-state index in [2.05, 4.69) is 10.1 Å². The molecule has 0 atom stereocenters. The van der Waals surface area contributed by atoms with Gasteiger partial charge in [0.15, 0.2) is 11.5 Å². The Morgan fingerprint density at radius 1 is 1.09 bits per heavy atom. The lowest BCUT2D eigenvalue weighted by Crippen LogP contribution is -2.43. The fraction of sp³-hybridized carbons (Fsp3) is 0.440. The minimum absolute atomic E-state index is 0.0242. The molecule has 0 unspecified atom stereocenters. The Balaban J connectivity index is 1.36. The van der Waals surface area contributed by atoms with Crippen LogP contribution in [0.5, 0.6) is 17.2 Å². The molecule has 9 heteroatoms. The fourth-order valence-corrected chi connectivity index (χ4v) is 3.86. The number of hydrogen-bond acceptors (Lipinski definition) is 5. The highest BCUT2D eigenvalue weighted by molar-refractivity contribution is 5.80. The zero-order valence-electron chi connectivity index (χ0n) is 19.2. The van der Waals surface area contributed by atoms with Crippen LogP contribution in [-0.4, -0.2) is 56.7 Å². The van der Waals surface area contributed by atoms with Crippen molar-refractivity contribution in [2.45, 2.75) is 32.3 Å². The molecule has 0 radical (unpaired) electrons. The van der Waals surface area contributed by atoms with E-state index in [0.717, 1.165) is 11.3 Å². The van der Waals surface area contributed by atoms with Crippen molar-refractivity contribution in [3.8, 4) is 17.2 Å². The van der Waals surface area contributed by atoms with E-state index in [4.69, 9.17) is 9.47 Å². The summed E-state index contributed by atoms with van der Waals surface area (Å²) >= 11 is 0. The first kappa shape index (κ1) is 25.3. The molecule has 34 heavy (non-hydrogen) atoms. The van der Waals surface area contributed by atoms with Crippen LogP contribution >= 0.6 is 0 Å². The molecule has 3 rings (SSSR count). The Kier molecular flexibility index (Phi) is 9.49. The molecule has 7 nitrogen and oxygen atoms in total. The lowest BCUT2D eigenvalue weighted by atomic mass is 9.95. The summed E-state index contributed by atoms with van der Waals surface area (Å²) in [6.07, 6.45) is 1.97. The van der Waals surface area contributed by atoms with E-state index >= 15 is 0 Å². The summed E-state index contributed by atoms with van der Waals surface area (Å²) in [6.45, 7) is -1.18. The van der Waals surface area contributed by atoms with Gasteiger partial charge in [-0.05, 0) is 49.1 Å². The van der Waals surface area contributed by atoms with Crippen molar-refractivity contribution in [1.82, 2.24) is 10.2 Å². The number of amides is 2. The van der Waals surface area contributed by atoms with Gasteiger partial charge in [-0.1, -0.05) is 24.3 Å². The first-order chi connectivity index (χ1) is 16.5. The Labute approximate surface area is 198 Å². The molecule has 1 N–H and O–H groups in total. The molecule has 2 amide bonds. The number of nitrogens with one attached hydrogen (secondary N) is 1. The van der Waals surface area contributed by atoms with Gasteiger partial charge in [-0.25, -0.2) is 0 Å². The SMILES string of the molecule is COc1ccc(CCNC(=O)C2CCN(C(=O)CCOc3ccccc3)CC2)cc1OC(F)F. The van der Waals surface area contributed by atoms with Gasteiger partial charge in [0.05, 0.1) is 20.1 Å². The number of carbonyl (C=O) groups is 2. The van der Waals surface area contributed by atoms with Crippen molar-refractivity contribution >= 4 is 11.8 Å². The van der Waals surface area contributed by atoms with Crippen LogP contribution in [0, 0.1) is 5.92 Å². The Morgan fingerprint density at radius 2 is 1.82 bits per heavy atom. The molecular formula is C25H30F2N2O5. The van der Waals surface area contributed by atoms with Crippen molar-refractivity contribution < 1.29 is 32.6 Å². The highest BCUT2D eigenvalue weighted by Crippen LogP contribution is 2.29. The quantitative estimate of drug-likeness (QED) is 0.536. The second-order valence-corrected chi connectivity index (χ2v) is 7.97. The number of nitrogens with zero attached hydrogens (tertiary/aromatic N) is 1. The van der Waals surface area contributed by atoms with Crippen molar-refractivity contribution in [1.29, 1.82) is 0 Å². The van der Waals surface area contributed by atoms with Crippen molar-refractivity contribution in [3.05, 3.63) is 54.1 Å². The molecule has 1 aliphatic rings. The molecule has 1 fully saturated rings. The van der Waals surface area contributed by atoms with Crippen molar-refractivity contribution in [2.75, 3.05) is 33.4 Å². The smallest absolute Gasteiger partial charge is 0.387 e. The van der Waals surface area contributed by atoms with Crippen LogP contribution in [0.2, 0.25) is 0 Å². The van der Waals surface area contributed by atoms with Crippen LogP contribution in [-0.2, 0) is 16.0 Å². The number of alkyl halides is 2.